The lowest BCUT2D eigenvalue weighted by molar-refractivity contribution is 0.103. The molecule has 1 saturated heterocycles. The molecule has 0 saturated carbocycles. The lowest BCUT2D eigenvalue weighted by atomic mass is 10.00. The van der Waals surface area contributed by atoms with E-state index in [1.165, 1.54) is 11.1 Å². The predicted molar refractivity (Wildman–Crippen MR) is 59.1 cm³/mol. The maximum atomic E-state index is 5.77. The minimum atomic E-state index is 0.391. The summed E-state index contributed by atoms with van der Waals surface area (Å²) in [6.45, 7) is 6.46. The molecule has 2 N–H and O–H groups in total. The van der Waals surface area contributed by atoms with Gasteiger partial charge in [-0.3, -0.25) is 4.90 Å². The van der Waals surface area contributed by atoms with Gasteiger partial charge in [0.15, 0.2) is 0 Å². The first kappa shape index (κ1) is 9.69. The van der Waals surface area contributed by atoms with Crippen LogP contribution >= 0.6 is 0 Å². The zero-order valence-corrected chi connectivity index (χ0v) is 8.90. The third-order valence-corrected chi connectivity index (χ3v) is 3.01. The van der Waals surface area contributed by atoms with E-state index in [0.717, 1.165) is 13.1 Å². The summed E-state index contributed by atoms with van der Waals surface area (Å²) < 4.78 is 0. The van der Waals surface area contributed by atoms with E-state index in [2.05, 4.69) is 43.0 Å². The van der Waals surface area contributed by atoms with Crippen LogP contribution in [0.5, 0.6) is 0 Å². The Morgan fingerprint density at radius 3 is 2.71 bits per heavy atom. The fourth-order valence-electron chi connectivity index (χ4n) is 2.01. The van der Waals surface area contributed by atoms with Gasteiger partial charge in [0.25, 0.3) is 0 Å². The van der Waals surface area contributed by atoms with Crippen molar-refractivity contribution in [1.29, 1.82) is 0 Å². The molecule has 2 rings (SSSR count). The second kappa shape index (κ2) is 3.71. The molecular weight excluding hydrogens is 172 g/mol. The monoisotopic (exact) mass is 190 g/mol. The SMILES string of the molecule is Cc1cccc(C(C)N2CC(N)C2)c1. The third kappa shape index (κ3) is 1.81. The topological polar surface area (TPSA) is 29.3 Å². The molecule has 2 nitrogen and oxygen atoms in total. The van der Waals surface area contributed by atoms with E-state index in [1.807, 2.05) is 0 Å². The number of aryl methyl sites for hydroxylation is 1. The molecule has 0 aliphatic carbocycles. The van der Waals surface area contributed by atoms with Gasteiger partial charge in [0, 0.05) is 25.2 Å². The van der Waals surface area contributed by atoms with Gasteiger partial charge >= 0.3 is 0 Å². The van der Waals surface area contributed by atoms with Crippen molar-refractivity contribution in [2.24, 2.45) is 5.73 Å². The Bertz CT molecular complexity index is 316. The van der Waals surface area contributed by atoms with Gasteiger partial charge in [-0.2, -0.15) is 0 Å². The van der Waals surface area contributed by atoms with Crippen molar-refractivity contribution in [1.82, 2.24) is 4.90 Å². The molecule has 1 aromatic carbocycles. The lowest BCUT2D eigenvalue weighted by Crippen LogP contribution is -2.56. The molecule has 1 heterocycles. The number of hydrogen-bond acceptors (Lipinski definition) is 2. The highest BCUT2D eigenvalue weighted by molar-refractivity contribution is 5.25. The van der Waals surface area contributed by atoms with Gasteiger partial charge in [-0.05, 0) is 19.4 Å². The molecule has 1 atom stereocenters. The summed E-state index contributed by atoms with van der Waals surface area (Å²) in [6.07, 6.45) is 0. The quantitative estimate of drug-likeness (QED) is 0.769. The fraction of sp³-hybridized carbons (Fsp3) is 0.500. The highest BCUT2D eigenvalue weighted by atomic mass is 15.2. The van der Waals surface area contributed by atoms with Crippen LogP contribution in [-0.2, 0) is 0 Å². The van der Waals surface area contributed by atoms with Crippen molar-refractivity contribution in [2.45, 2.75) is 25.9 Å². The Morgan fingerprint density at radius 1 is 1.43 bits per heavy atom. The van der Waals surface area contributed by atoms with Gasteiger partial charge in [0.05, 0.1) is 0 Å². The molecule has 0 radical (unpaired) electrons. The van der Waals surface area contributed by atoms with Crippen LogP contribution in [0.1, 0.15) is 24.1 Å². The molecule has 0 aromatic heterocycles. The second-order valence-corrected chi connectivity index (χ2v) is 4.30. The van der Waals surface area contributed by atoms with Crippen LogP contribution in [0.25, 0.3) is 0 Å². The zero-order valence-electron chi connectivity index (χ0n) is 8.90. The fourth-order valence-corrected chi connectivity index (χ4v) is 2.01. The van der Waals surface area contributed by atoms with Gasteiger partial charge in [-0.1, -0.05) is 29.8 Å². The molecule has 1 fully saturated rings. The van der Waals surface area contributed by atoms with Gasteiger partial charge in [0.1, 0.15) is 0 Å². The van der Waals surface area contributed by atoms with E-state index in [4.69, 9.17) is 5.73 Å². The molecule has 1 aliphatic rings. The Labute approximate surface area is 85.7 Å². The van der Waals surface area contributed by atoms with Gasteiger partial charge in [-0.15, -0.1) is 0 Å². The molecule has 14 heavy (non-hydrogen) atoms. The number of nitrogens with zero attached hydrogens (tertiary/aromatic N) is 1. The first-order chi connectivity index (χ1) is 6.66. The minimum absolute atomic E-state index is 0.391. The molecule has 1 aliphatic heterocycles. The van der Waals surface area contributed by atoms with Crippen LogP contribution in [0, 0.1) is 6.92 Å². The summed E-state index contributed by atoms with van der Waals surface area (Å²) in [5.41, 5.74) is 8.51. The van der Waals surface area contributed by atoms with E-state index in [9.17, 15) is 0 Å². The minimum Gasteiger partial charge on any atom is -0.325 e. The first-order valence-corrected chi connectivity index (χ1v) is 5.23. The molecular formula is C12H18N2. The maximum absolute atomic E-state index is 5.77. The number of hydrogen-bond donors (Lipinski definition) is 1. The number of nitrogens with two attached hydrogens (primary N) is 1. The van der Waals surface area contributed by atoms with E-state index in [0.29, 0.717) is 12.1 Å². The van der Waals surface area contributed by atoms with Crippen molar-refractivity contribution < 1.29 is 0 Å². The number of benzene rings is 1. The van der Waals surface area contributed by atoms with Crippen molar-refractivity contribution in [3.05, 3.63) is 35.4 Å². The highest BCUT2D eigenvalue weighted by Crippen LogP contribution is 2.24. The normalized spacial score (nSPS) is 20.5. The van der Waals surface area contributed by atoms with Gasteiger partial charge in [0.2, 0.25) is 0 Å². The summed E-state index contributed by atoms with van der Waals surface area (Å²) in [5, 5.41) is 0. The Morgan fingerprint density at radius 2 is 2.14 bits per heavy atom. The van der Waals surface area contributed by atoms with Crippen LogP contribution in [0.15, 0.2) is 24.3 Å². The van der Waals surface area contributed by atoms with E-state index >= 15 is 0 Å². The Balaban J connectivity index is 2.07. The molecule has 0 amide bonds. The van der Waals surface area contributed by atoms with Crippen LogP contribution in [0.3, 0.4) is 0 Å². The molecule has 2 heteroatoms. The summed E-state index contributed by atoms with van der Waals surface area (Å²) in [4.78, 5) is 2.42. The van der Waals surface area contributed by atoms with Crippen LogP contribution in [0.4, 0.5) is 0 Å². The van der Waals surface area contributed by atoms with Crippen molar-refractivity contribution in [2.75, 3.05) is 13.1 Å². The van der Waals surface area contributed by atoms with Crippen molar-refractivity contribution in [3.8, 4) is 0 Å². The van der Waals surface area contributed by atoms with Crippen LogP contribution in [-0.4, -0.2) is 24.0 Å². The van der Waals surface area contributed by atoms with Crippen molar-refractivity contribution in [3.63, 3.8) is 0 Å². The first-order valence-electron chi connectivity index (χ1n) is 5.23. The summed E-state index contributed by atoms with van der Waals surface area (Å²) in [7, 11) is 0. The molecule has 1 aromatic rings. The Hall–Kier alpha value is -0.860. The highest BCUT2D eigenvalue weighted by Gasteiger charge is 2.27. The van der Waals surface area contributed by atoms with Gasteiger partial charge in [-0.25, -0.2) is 0 Å². The largest absolute Gasteiger partial charge is 0.325 e. The third-order valence-electron chi connectivity index (χ3n) is 3.01. The number of rotatable bonds is 2. The molecule has 0 bridgehead atoms. The maximum Gasteiger partial charge on any atom is 0.0321 e. The summed E-state index contributed by atoms with van der Waals surface area (Å²) in [6, 6.07) is 9.62. The second-order valence-electron chi connectivity index (χ2n) is 4.30. The smallest absolute Gasteiger partial charge is 0.0321 e. The van der Waals surface area contributed by atoms with E-state index in [-0.39, 0.29) is 0 Å². The van der Waals surface area contributed by atoms with E-state index < -0.39 is 0 Å². The van der Waals surface area contributed by atoms with Crippen LogP contribution in [0.2, 0.25) is 0 Å². The number of likely N-dealkylation sites (tertiary alicyclic amines) is 1. The summed E-state index contributed by atoms with van der Waals surface area (Å²) >= 11 is 0. The zero-order chi connectivity index (χ0) is 10.1. The average Bonchev–Trinajstić information content (AvgIpc) is 2.12. The van der Waals surface area contributed by atoms with Crippen LogP contribution < -0.4 is 5.73 Å². The predicted octanol–water partition coefficient (Wildman–Crippen LogP) is 1.70. The average molecular weight is 190 g/mol. The van der Waals surface area contributed by atoms with Gasteiger partial charge < -0.3 is 5.73 Å². The molecule has 1 unspecified atom stereocenters. The summed E-state index contributed by atoms with van der Waals surface area (Å²) in [5.74, 6) is 0. The van der Waals surface area contributed by atoms with E-state index in [1.54, 1.807) is 0 Å². The molecule has 76 valence electrons. The standard InChI is InChI=1S/C12H18N2/c1-9-4-3-5-11(6-9)10(2)14-7-12(13)8-14/h3-6,10,12H,7-8,13H2,1-2H3. The lowest BCUT2D eigenvalue weighted by Gasteiger charge is -2.41. The Kier molecular flexibility index (Phi) is 2.57. The van der Waals surface area contributed by atoms with Crippen molar-refractivity contribution >= 4 is 0 Å². The molecule has 0 spiro atoms.